The molecule has 3 aliphatic rings. The van der Waals surface area contributed by atoms with Crippen LogP contribution in [0.5, 0.6) is 0 Å². The highest BCUT2D eigenvalue weighted by atomic mass is 32.1. The molecular formula is C31H40N6O2S. The maximum Gasteiger partial charge on any atom is 0.258 e. The lowest BCUT2D eigenvalue weighted by Gasteiger charge is -2.24. The number of benzene rings is 1. The first kappa shape index (κ1) is 27.2. The van der Waals surface area contributed by atoms with E-state index in [1.54, 1.807) is 0 Å². The number of allylic oxidation sites excluding steroid dienone is 1. The van der Waals surface area contributed by atoms with E-state index in [1.807, 2.05) is 24.3 Å². The first-order valence-corrected chi connectivity index (χ1v) is 15.6. The van der Waals surface area contributed by atoms with Crippen LogP contribution in [0.2, 0.25) is 0 Å². The Kier molecular flexibility index (Phi) is 7.79. The van der Waals surface area contributed by atoms with Gasteiger partial charge in [0.05, 0.1) is 15.8 Å². The zero-order valence-corrected chi connectivity index (χ0v) is 24.6. The molecular weight excluding hydrogens is 520 g/mol. The Morgan fingerprint density at radius 2 is 2.00 bits per heavy atom. The number of para-hydroxylation sites is 1. The molecule has 0 aliphatic carbocycles. The lowest BCUT2D eigenvalue weighted by atomic mass is 10.1. The van der Waals surface area contributed by atoms with Crippen LogP contribution in [-0.2, 0) is 0 Å². The molecule has 2 aromatic heterocycles. The quantitative estimate of drug-likeness (QED) is 0.343. The van der Waals surface area contributed by atoms with Gasteiger partial charge in [0.2, 0.25) is 5.43 Å². The number of carbonyl (C=O) groups excluding carboxylic acids is 1. The van der Waals surface area contributed by atoms with Crippen LogP contribution in [0.25, 0.3) is 21.1 Å². The van der Waals surface area contributed by atoms with E-state index in [2.05, 4.69) is 57.9 Å². The molecule has 1 aromatic carbocycles. The van der Waals surface area contributed by atoms with Crippen LogP contribution in [0.1, 0.15) is 61.9 Å². The Balaban J connectivity index is 1.52. The van der Waals surface area contributed by atoms with Gasteiger partial charge in [0, 0.05) is 25.2 Å². The number of carbonyl (C=O) groups is 1. The van der Waals surface area contributed by atoms with Gasteiger partial charge in [-0.3, -0.25) is 14.0 Å². The van der Waals surface area contributed by atoms with E-state index in [9.17, 15) is 9.59 Å². The summed E-state index contributed by atoms with van der Waals surface area (Å²) in [7, 11) is 2.21. The first-order valence-electron chi connectivity index (χ1n) is 14.7. The molecule has 5 heterocycles. The number of thiazole rings is 1. The number of hydrogen-bond acceptors (Lipinski definition) is 6. The molecule has 0 radical (unpaired) electrons. The van der Waals surface area contributed by atoms with Gasteiger partial charge in [0.1, 0.15) is 16.2 Å². The summed E-state index contributed by atoms with van der Waals surface area (Å²) in [5.74, 6) is 1.91. The molecule has 1 amide bonds. The van der Waals surface area contributed by atoms with Crippen molar-refractivity contribution >= 4 is 50.0 Å². The minimum Gasteiger partial charge on any atom is -0.358 e. The topological polar surface area (TPSA) is 81.4 Å². The van der Waals surface area contributed by atoms with Crippen molar-refractivity contribution in [3.8, 4) is 0 Å². The summed E-state index contributed by atoms with van der Waals surface area (Å²) in [5.41, 5.74) is 1.44. The van der Waals surface area contributed by atoms with Gasteiger partial charge in [-0.15, -0.1) is 11.3 Å². The summed E-state index contributed by atoms with van der Waals surface area (Å²) < 4.78 is 3.08. The molecule has 0 bridgehead atoms. The third-order valence-electron chi connectivity index (χ3n) is 8.85. The number of likely N-dealkylation sites (N-methyl/N-ethyl adjacent to an activating group) is 1. The Hall–Kier alpha value is -3.01. The molecule has 2 N–H and O–H groups in total. The summed E-state index contributed by atoms with van der Waals surface area (Å²) >= 11 is 1.49. The Labute approximate surface area is 239 Å². The second-order valence-corrected chi connectivity index (χ2v) is 12.5. The maximum absolute atomic E-state index is 14.2. The van der Waals surface area contributed by atoms with Gasteiger partial charge in [0.15, 0.2) is 5.82 Å². The van der Waals surface area contributed by atoms with Crippen LogP contribution in [0.3, 0.4) is 0 Å². The number of aliphatic imine (C=N–C) groups is 1. The van der Waals surface area contributed by atoms with Crippen molar-refractivity contribution in [1.29, 1.82) is 0 Å². The number of likely N-dealkylation sites (tertiary alicyclic amines) is 2. The van der Waals surface area contributed by atoms with Crippen molar-refractivity contribution in [3.63, 3.8) is 0 Å². The average molecular weight is 561 g/mol. The van der Waals surface area contributed by atoms with Gasteiger partial charge in [-0.05, 0) is 77.3 Å². The molecule has 2 unspecified atom stereocenters. The SMILES string of the molecule is CCC/C=C\c1c(/N=C(\C)N2CC3CCN(C)C3C2)n2c(sc3ccccc32)c(C(=O)NC2CCNCC2)c1=O. The number of nitrogens with one attached hydrogen (secondary N) is 2. The van der Waals surface area contributed by atoms with Crippen molar-refractivity contribution in [2.24, 2.45) is 10.9 Å². The molecule has 3 aliphatic heterocycles. The van der Waals surface area contributed by atoms with Crippen molar-refractivity contribution in [2.45, 2.75) is 58.0 Å². The fourth-order valence-electron chi connectivity index (χ4n) is 6.53. The summed E-state index contributed by atoms with van der Waals surface area (Å²) in [6, 6.07) is 8.73. The molecule has 8 nitrogen and oxygen atoms in total. The molecule has 0 spiro atoms. The van der Waals surface area contributed by atoms with E-state index in [4.69, 9.17) is 4.99 Å². The second kappa shape index (κ2) is 11.5. The Bertz CT molecular complexity index is 1530. The van der Waals surface area contributed by atoms with E-state index in [0.29, 0.717) is 28.2 Å². The van der Waals surface area contributed by atoms with Crippen LogP contribution in [0, 0.1) is 5.92 Å². The number of nitrogens with zero attached hydrogens (tertiary/aromatic N) is 4. The summed E-state index contributed by atoms with van der Waals surface area (Å²) in [6.45, 7) is 9.02. The number of amidine groups is 1. The Morgan fingerprint density at radius 1 is 1.20 bits per heavy atom. The number of hydrogen-bond donors (Lipinski definition) is 2. The predicted molar refractivity (Wildman–Crippen MR) is 165 cm³/mol. The van der Waals surface area contributed by atoms with E-state index >= 15 is 0 Å². The van der Waals surface area contributed by atoms with Crippen molar-refractivity contribution in [1.82, 2.24) is 24.8 Å². The number of unbranched alkanes of at least 4 members (excludes halogenated alkanes) is 1. The van der Waals surface area contributed by atoms with Gasteiger partial charge in [-0.2, -0.15) is 0 Å². The fraction of sp³-hybridized carbons (Fsp3) is 0.516. The van der Waals surface area contributed by atoms with E-state index in [0.717, 1.165) is 74.5 Å². The van der Waals surface area contributed by atoms with Crippen molar-refractivity contribution in [3.05, 3.63) is 51.7 Å². The van der Waals surface area contributed by atoms with Crippen molar-refractivity contribution < 1.29 is 4.79 Å². The third-order valence-corrected chi connectivity index (χ3v) is 9.99. The molecule has 3 fully saturated rings. The zero-order valence-electron chi connectivity index (χ0n) is 23.8. The van der Waals surface area contributed by atoms with E-state index in [-0.39, 0.29) is 22.9 Å². The van der Waals surface area contributed by atoms with Gasteiger partial charge in [-0.1, -0.05) is 37.6 Å². The fourth-order valence-corrected chi connectivity index (χ4v) is 7.71. The number of pyridine rings is 1. The molecule has 0 saturated carbocycles. The minimum atomic E-state index is -0.284. The summed E-state index contributed by atoms with van der Waals surface area (Å²) in [6.07, 6.45) is 8.70. The molecule has 2 atom stereocenters. The van der Waals surface area contributed by atoms with Gasteiger partial charge in [0.25, 0.3) is 5.91 Å². The van der Waals surface area contributed by atoms with Gasteiger partial charge >= 0.3 is 0 Å². The number of rotatable bonds is 6. The largest absolute Gasteiger partial charge is 0.358 e. The van der Waals surface area contributed by atoms with Crippen LogP contribution < -0.4 is 16.1 Å². The van der Waals surface area contributed by atoms with Crippen LogP contribution in [-0.4, -0.2) is 77.8 Å². The minimum absolute atomic E-state index is 0.0642. The molecule has 212 valence electrons. The number of piperidine rings is 1. The zero-order chi connectivity index (χ0) is 27.8. The lowest BCUT2D eigenvalue weighted by Crippen LogP contribution is -2.44. The average Bonchev–Trinajstić information content (AvgIpc) is 3.65. The number of amides is 1. The first-order chi connectivity index (χ1) is 19.5. The van der Waals surface area contributed by atoms with Crippen molar-refractivity contribution in [2.75, 3.05) is 39.8 Å². The highest BCUT2D eigenvalue weighted by Crippen LogP contribution is 2.35. The standard InChI is InChI=1S/C31H40N6O2S/c1-4-5-6-9-23-28(38)27(30(39)34-22-12-15-32-16-13-22)31-37(24-10-7-8-11-26(24)40-31)29(23)33-20(2)36-18-21-14-17-35(3)25(21)19-36/h6-11,21-22,25,32H,4-5,12-19H2,1-3H3,(H,34,39)/b9-6-,33-20+. The Morgan fingerprint density at radius 3 is 2.77 bits per heavy atom. The smallest absolute Gasteiger partial charge is 0.258 e. The number of aromatic nitrogens is 1. The van der Waals surface area contributed by atoms with Gasteiger partial charge in [-0.25, -0.2) is 4.99 Å². The molecule has 40 heavy (non-hydrogen) atoms. The van der Waals surface area contributed by atoms with Crippen LogP contribution in [0.4, 0.5) is 5.82 Å². The normalized spacial score (nSPS) is 22.7. The third kappa shape index (κ3) is 4.99. The number of fused-ring (bicyclic) bond motifs is 4. The second-order valence-electron chi connectivity index (χ2n) is 11.5. The van der Waals surface area contributed by atoms with E-state index in [1.165, 1.54) is 17.8 Å². The monoisotopic (exact) mass is 560 g/mol. The van der Waals surface area contributed by atoms with Gasteiger partial charge < -0.3 is 20.4 Å². The molecule has 9 heteroatoms. The highest BCUT2D eigenvalue weighted by Gasteiger charge is 2.40. The van der Waals surface area contributed by atoms with Crippen LogP contribution in [0.15, 0.2) is 40.1 Å². The highest BCUT2D eigenvalue weighted by molar-refractivity contribution is 7.24. The van der Waals surface area contributed by atoms with E-state index < -0.39 is 0 Å². The molecule has 3 saturated heterocycles. The maximum atomic E-state index is 14.2. The molecule has 6 rings (SSSR count). The van der Waals surface area contributed by atoms with Crippen LogP contribution >= 0.6 is 11.3 Å². The predicted octanol–water partition coefficient (Wildman–Crippen LogP) is 4.50. The molecule has 3 aromatic rings. The summed E-state index contributed by atoms with van der Waals surface area (Å²) in [4.78, 5) is 38.7. The summed E-state index contributed by atoms with van der Waals surface area (Å²) in [5, 5.41) is 6.52. The lowest BCUT2D eigenvalue weighted by molar-refractivity contribution is 0.0930.